The van der Waals surface area contributed by atoms with Crippen molar-refractivity contribution in [2.45, 2.75) is 6.92 Å². The number of Topliss-reactive ketones (excluding diaryl/α,β-unsaturated/α-hetero) is 1. The second-order valence-electron chi connectivity index (χ2n) is 5.97. The van der Waals surface area contributed by atoms with Gasteiger partial charge in [-0.2, -0.15) is 0 Å². The molecule has 1 aliphatic rings. The van der Waals surface area contributed by atoms with Crippen LogP contribution in [0.4, 0.5) is 8.78 Å². The van der Waals surface area contributed by atoms with E-state index in [4.69, 9.17) is 4.74 Å². The Kier molecular flexibility index (Phi) is 4.95. The van der Waals surface area contributed by atoms with Crippen molar-refractivity contribution in [2.24, 2.45) is 11.8 Å². The molecule has 2 aromatic rings. The SMILES string of the molecule is C[C@H]1COC=C(C(=O)c2ccc(F)cc2)[C@@H]1C#Cc1ccc(F)cc1. The van der Waals surface area contributed by atoms with Crippen LogP contribution in [-0.2, 0) is 4.74 Å². The molecule has 2 aromatic carbocycles. The van der Waals surface area contributed by atoms with Crippen LogP contribution in [-0.4, -0.2) is 12.4 Å². The van der Waals surface area contributed by atoms with E-state index < -0.39 is 5.82 Å². The lowest BCUT2D eigenvalue weighted by Crippen LogP contribution is -2.26. The first-order valence-corrected chi connectivity index (χ1v) is 7.93. The minimum absolute atomic E-state index is 0.0253. The molecule has 126 valence electrons. The average molecular weight is 338 g/mol. The number of hydrogen-bond acceptors (Lipinski definition) is 2. The summed E-state index contributed by atoms with van der Waals surface area (Å²) in [6, 6.07) is 11.3. The summed E-state index contributed by atoms with van der Waals surface area (Å²) in [6.45, 7) is 2.41. The molecular formula is C21H16F2O2. The summed E-state index contributed by atoms with van der Waals surface area (Å²) in [7, 11) is 0. The van der Waals surface area contributed by atoms with Gasteiger partial charge in [-0.25, -0.2) is 8.78 Å². The minimum atomic E-state index is -0.397. The van der Waals surface area contributed by atoms with Crippen LogP contribution in [0.5, 0.6) is 0 Å². The first-order valence-electron chi connectivity index (χ1n) is 7.93. The predicted octanol–water partition coefficient (Wildman–Crippen LogP) is 4.37. The van der Waals surface area contributed by atoms with Crippen LogP contribution in [0.3, 0.4) is 0 Å². The molecule has 2 nitrogen and oxygen atoms in total. The molecule has 0 spiro atoms. The van der Waals surface area contributed by atoms with Crippen molar-refractivity contribution in [1.82, 2.24) is 0 Å². The smallest absolute Gasteiger partial charge is 0.193 e. The van der Waals surface area contributed by atoms with Crippen molar-refractivity contribution >= 4 is 5.78 Å². The number of hydrogen-bond donors (Lipinski definition) is 0. The molecule has 0 saturated heterocycles. The summed E-state index contributed by atoms with van der Waals surface area (Å²) in [5.41, 5.74) is 1.51. The van der Waals surface area contributed by atoms with Crippen molar-refractivity contribution in [2.75, 3.05) is 6.61 Å². The van der Waals surface area contributed by atoms with E-state index in [2.05, 4.69) is 11.8 Å². The molecule has 1 aliphatic heterocycles. The lowest BCUT2D eigenvalue weighted by Gasteiger charge is -2.25. The number of carbonyl (C=O) groups excluding carboxylic acids is 1. The van der Waals surface area contributed by atoms with Crippen LogP contribution in [0.25, 0.3) is 0 Å². The molecule has 0 aliphatic carbocycles. The summed E-state index contributed by atoms with van der Waals surface area (Å²) in [5, 5.41) is 0. The van der Waals surface area contributed by atoms with Crippen LogP contribution >= 0.6 is 0 Å². The van der Waals surface area contributed by atoms with Crippen molar-refractivity contribution < 1.29 is 18.3 Å². The zero-order chi connectivity index (χ0) is 17.8. The highest BCUT2D eigenvalue weighted by Crippen LogP contribution is 2.28. The molecule has 0 aromatic heterocycles. The number of rotatable bonds is 2. The average Bonchev–Trinajstić information content (AvgIpc) is 2.62. The monoisotopic (exact) mass is 338 g/mol. The van der Waals surface area contributed by atoms with E-state index in [9.17, 15) is 13.6 Å². The van der Waals surface area contributed by atoms with Gasteiger partial charge in [0.2, 0.25) is 0 Å². The topological polar surface area (TPSA) is 26.3 Å². The molecule has 0 saturated carbocycles. The first kappa shape index (κ1) is 16.9. The van der Waals surface area contributed by atoms with Gasteiger partial charge in [0.1, 0.15) is 11.6 Å². The molecular weight excluding hydrogens is 322 g/mol. The van der Waals surface area contributed by atoms with Gasteiger partial charge >= 0.3 is 0 Å². The van der Waals surface area contributed by atoms with Gasteiger partial charge in [0.15, 0.2) is 5.78 Å². The Morgan fingerprint density at radius 1 is 1.04 bits per heavy atom. The molecule has 25 heavy (non-hydrogen) atoms. The fourth-order valence-electron chi connectivity index (χ4n) is 2.64. The van der Waals surface area contributed by atoms with E-state index in [-0.39, 0.29) is 23.4 Å². The Morgan fingerprint density at radius 3 is 2.28 bits per heavy atom. The second-order valence-corrected chi connectivity index (χ2v) is 5.97. The van der Waals surface area contributed by atoms with Gasteiger partial charge in [-0.05, 0) is 48.5 Å². The van der Waals surface area contributed by atoms with Crippen LogP contribution in [0.1, 0.15) is 22.8 Å². The molecule has 2 atom stereocenters. The van der Waals surface area contributed by atoms with E-state index in [1.165, 1.54) is 42.7 Å². The predicted molar refractivity (Wildman–Crippen MR) is 90.7 cm³/mol. The van der Waals surface area contributed by atoms with Gasteiger partial charge in [-0.1, -0.05) is 18.8 Å². The molecule has 0 N–H and O–H groups in total. The normalized spacial score (nSPS) is 19.2. The number of ketones is 1. The maximum Gasteiger partial charge on any atom is 0.193 e. The number of allylic oxidation sites excluding steroid dienone is 1. The van der Waals surface area contributed by atoms with Crippen molar-refractivity contribution in [3.63, 3.8) is 0 Å². The van der Waals surface area contributed by atoms with Crippen LogP contribution in [0, 0.1) is 35.3 Å². The Hall–Kier alpha value is -2.93. The van der Waals surface area contributed by atoms with E-state index >= 15 is 0 Å². The van der Waals surface area contributed by atoms with E-state index in [0.717, 1.165) is 0 Å². The van der Waals surface area contributed by atoms with E-state index in [1.54, 1.807) is 12.1 Å². The Bertz CT molecular complexity index is 856. The lowest BCUT2D eigenvalue weighted by molar-refractivity contribution is 0.0973. The molecule has 0 fully saturated rings. The van der Waals surface area contributed by atoms with Gasteiger partial charge in [-0.3, -0.25) is 4.79 Å². The van der Waals surface area contributed by atoms with Gasteiger partial charge in [0, 0.05) is 22.6 Å². The van der Waals surface area contributed by atoms with Crippen LogP contribution in [0.2, 0.25) is 0 Å². The molecule has 0 bridgehead atoms. The number of benzene rings is 2. The highest BCUT2D eigenvalue weighted by atomic mass is 19.1. The molecule has 4 heteroatoms. The highest BCUT2D eigenvalue weighted by Gasteiger charge is 2.29. The summed E-state index contributed by atoms with van der Waals surface area (Å²) in [5.74, 6) is 4.86. The number of ether oxygens (including phenoxy) is 1. The third-order valence-electron chi connectivity index (χ3n) is 4.06. The zero-order valence-corrected chi connectivity index (χ0v) is 13.6. The maximum absolute atomic E-state index is 13.1. The summed E-state index contributed by atoms with van der Waals surface area (Å²) in [6.07, 6.45) is 1.44. The Balaban J connectivity index is 1.89. The maximum atomic E-state index is 13.1. The van der Waals surface area contributed by atoms with Crippen molar-refractivity contribution in [3.05, 3.63) is 83.1 Å². The van der Waals surface area contributed by atoms with Gasteiger partial charge in [-0.15, -0.1) is 0 Å². The standard InChI is InChI=1S/C21H16F2O2/c1-14-12-25-13-20(21(24)16-5-9-18(23)10-6-16)19(14)11-4-15-2-7-17(22)8-3-15/h2-3,5-10,13-14,19H,12H2,1H3/t14-,19+/m0/s1. The number of halogens is 2. The van der Waals surface area contributed by atoms with Gasteiger partial charge in [0.25, 0.3) is 0 Å². The molecule has 3 rings (SSSR count). The fraction of sp³-hybridized carbons (Fsp3) is 0.190. The lowest BCUT2D eigenvalue weighted by atomic mass is 9.83. The molecule has 1 heterocycles. The van der Waals surface area contributed by atoms with Crippen molar-refractivity contribution in [1.29, 1.82) is 0 Å². The zero-order valence-electron chi connectivity index (χ0n) is 13.6. The molecule has 0 unspecified atom stereocenters. The second kappa shape index (κ2) is 7.31. The molecule has 0 amide bonds. The van der Waals surface area contributed by atoms with E-state index in [0.29, 0.717) is 23.3 Å². The molecule has 0 radical (unpaired) electrons. The largest absolute Gasteiger partial charge is 0.500 e. The van der Waals surface area contributed by atoms with Crippen LogP contribution in [0.15, 0.2) is 60.4 Å². The number of carbonyl (C=O) groups is 1. The third-order valence-corrected chi connectivity index (χ3v) is 4.06. The highest BCUT2D eigenvalue weighted by molar-refractivity contribution is 6.09. The van der Waals surface area contributed by atoms with E-state index in [1.807, 2.05) is 6.92 Å². The minimum Gasteiger partial charge on any atom is -0.500 e. The third kappa shape index (κ3) is 3.95. The Labute approximate surface area is 145 Å². The summed E-state index contributed by atoms with van der Waals surface area (Å²) >= 11 is 0. The van der Waals surface area contributed by atoms with Gasteiger partial charge < -0.3 is 4.74 Å². The van der Waals surface area contributed by atoms with Crippen LogP contribution < -0.4 is 0 Å². The summed E-state index contributed by atoms with van der Waals surface area (Å²) in [4.78, 5) is 12.7. The summed E-state index contributed by atoms with van der Waals surface area (Å²) < 4.78 is 31.4. The van der Waals surface area contributed by atoms with Gasteiger partial charge in [0.05, 0.1) is 18.8 Å². The first-order chi connectivity index (χ1) is 12.0. The van der Waals surface area contributed by atoms with Crippen molar-refractivity contribution in [3.8, 4) is 11.8 Å². The fourth-order valence-corrected chi connectivity index (χ4v) is 2.64. The Morgan fingerprint density at radius 2 is 1.64 bits per heavy atom. The quantitative estimate of drug-likeness (QED) is 0.600.